The fourth-order valence-electron chi connectivity index (χ4n) is 0.915. The number of nitrogens with zero attached hydrogens (tertiary/aromatic N) is 2. The van der Waals surface area contributed by atoms with Crippen molar-refractivity contribution in [2.45, 2.75) is 25.8 Å². The van der Waals surface area contributed by atoms with Gasteiger partial charge in [-0.3, -0.25) is 0 Å². The molecule has 1 aromatic rings. The quantitative estimate of drug-likeness (QED) is 0.682. The lowest BCUT2D eigenvalue weighted by atomic mass is 10.1. The second-order valence-electron chi connectivity index (χ2n) is 3.22. The second-order valence-corrected chi connectivity index (χ2v) is 3.22. The molecule has 1 unspecified atom stereocenters. The molecule has 0 radical (unpaired) electrons. The van der Waals surface area contributed by atoms with Gasteiger partial charge in [-0.2, -0.15) is 4.98 Å². The third-order valence-corrected chi connectivity index (χ3v) is 1.62. The number of hydrogen-bond donors (Lipinski definition) is 1. The van der Waals surface area contributed by atoms with E-state index in [0.717, 1.165) is 6.42 Å². The Morgan fingerprint density at radius 3 is 3.00 bits per heavy atom. The second kappa shape index (κ2) is 4.34. The Balaban J connectivity index is 2.46. The summed E-state index contributed by atoms with van der Waals surface area (Å²) in [6, 6.07) is 0. The SMILES string of the molecule is CCCOCC(C)(N)c1ncon1. The summed E-state index contributed by atoms with van der Waals surface area (Å²) in [5.41, 5.74) is 5.25. The third kappa shape index (κ3) is 2.78. The highest BCUT2D eigenvalue weighted by Crippen LogP contribution is 2.12. The Hall–Kier alpha value is -0.940. The van der Waals surface area contributed by atoms with E-state index in [2.05, 4.69) is 14.7 Å². The van der Waals surface area contributed by atoms with E-state index in [-0.39, 0.29) is 0 Å². The summed E-state index contributed by atoms with van der Waals surface area (Å²) in [5, 5.41) is 3.68. The summed E-state index contributed by atoms with van der Waals surface area (Å²) < 4.78 is 9.94. The molecule has 0 amide bonds. The van der Waals surface area contributed by atoms with Crippen molar-refractivity contribution in [2.24, 2.45) is 5.73 Å². The lowest BCUT2D eigenvalue weighted by Gasteiger charge is -2.19. The van der Waals surface area contributed by atoms with Crippen LogP contribution in [-0.4, -0.2) is 23.4 Å². The highest BCUT2D eigenvalue weighted by atomic mass is 16.5. The van der Waals surface area contributed by atoms with E-state index in [4.69, 9.17) is 10.5 Å². The zero-order chi connectivity index (χ0) is 9.73. The molecule has 0 bridgehead atoms. The smallest absolute Gasteiger partial charge is 0.213 e. The normalized spacial score (nSPS) is 15.6. The van der Waals surface area contributed by atoms with Crippen LogP contribution in [0.15, 0.2) is 10.9 Å². The van der Waals surface area contributed by atoms with Crippen LogP contribution < -0.4 is 5.73 Å². The van der Waals surface area contributed by atoms with E-state index in [9.17, 15) is 0 Å². The first-order chi connectivity index (χ1) is 6.17. The molecule has 0 saturated carbocycles. The summed E-state index contributed by atoms with van der Waals surface area (Å²) in [5.74, 6) is 0.476. The zero-order valence-corrected chi connectivity index (χ0v) is 7.99. The molecule has 5 nitrogen and oxygen atoms in total. The first kappa shape index (κ1) is 10.1. The fourth-order valence-corrected chi connectivity index (χ4v) is 0.915. The maximum atomic E-state index is 5.91. The van der Waals surface area contributed by atoms with Crippen molar-refractivity contribution < 1.29 is 9.26 Å². The molecule has 0 aliphatic rings. The Morgan fingerprint density at radius 1 is 1.69 bits per heavy atom. The Kier molecular flexibility index (Phi) is 3.39. The highest BCUT2D eigenvalue weighted by molar-refractivity contribution is 4.98. The molecule has 0 aromatic carbocycles. The van der Waals surface area contributed by atoms with Gasteiger partial charge in [-0.25, -0.2) is 0 Å². The summed E-state index contributed by atoms with van der Waals surface area (Å²) in [6.45, 7) is 4.96. The fraction of sp³-hybridized carbons (Fsp3) is 0.750. The molecule has 5 heteroatoms. The van der Waals surface area contributed by atoms with Crippen LogP contribution in [0, 0.1) is 0 Å². The van der Waals surface area contributed by atoms with Crippen molar-refractivity contribution >= 4 is 0 Å². The molecule has 1 aromatic heterocycles. The lowest BCUT2D eigenvalue weighted by Crippen LogP contribution is -2.39. The van der Waals surface area contributed by atoms with Crippen molar-refractivity contribution in [2.75, 3.05) is 13.2 Å². The minimum absolute atomic E-state index is 0.403. The van der Waals surface area contributed by atoms with Crippen LogP contribution >= 0.6 is 0 Å². The standard InChI is InChI=1S/C8H15N3O2/c1-3-4-12-5-8(2,9)7-10-6-13-11-7/h6H,3-5,9H2,1-2H3. The number of nitrogens with two attached hydrogens (primary N) is 1. The van der Waals surface area contributed by atoms with Gasteiger partial charge in [-0.15, -0.1) is 0 Å². The Morgan fingerprint density at radius 2 is 2.46 bits per heavy atom. The summed E-state index contributed by atoms with van der Waals surface area (Å²) in [7, 11) is 0. The average Bonchev–Trinajstić information content (AvgIpc) is 2.56. The number of aromatic nitrogens is 2. The van der Waals surface area contributed by atoms with Gasteiger partial charge in [0.2, 0.25) is 6.39 Å². The molecule has 13 heavy (non-hydrogen) atoms. The van der Waals surface area contributed by atoms with E-state index in [0.29, 0.717) is 19.0 Å². The molecule has 0 aliphatic heterocycles. The molecule has 1 atom stereocenters. The van der Waals surface area contributed by atoms with E-state index >= 15 is 0 Å². The molecule has 0 spiro atoms. The maximum Gasteiger partial charge on any atom is 0.213 e. The van der Waals surface area contributed by atoms with E-state index in [1.165, 1.54) is 6.39 Å². The molecule has 0 saturated heterocycles. The Labute approximate surface area is 77.3 Å². The lowest BCUT2D eigenvalue weighted by molar-refractivity contribution is 0.0867. The molecule has 1 heterocycles. The van der Waals surface area contributed by atoms with Crippen molar-refractivity contribution in [1.29, 1.82) is 0 Å². The van der Waals surface area contributed by atoms with Gasteiger partial charge < -0.3 is 15.0 Å². The van der Waals surface area contributed by atoms with E-state index in [1.807, 2.05) is 13.8 Å². The molecule has 2 N–H and O–H groups in total. The summed E-state index contributed by atoms with van der Waals surface area (Å²) in [6.07, 6.45) is 2.24. The first-order valence-electron chi connectivity index (χ1n) is 4.30. The van der Waals surface area contributed by atoms with Crippen LogP contribution in [0.2, 0.25) is 0 Å². The predicted molar refractivity (Wildman–Crippen MR) is 46.9 cm³/mol. The van der Waals surface area contributed by atoms with Crippen LogP contribution in [0.4, 0.5) is 0 Å². The predicted octanol–water partition coefficient (Wildman–Crippen LogP) is 0.670. The van der Waals surface area contributed by atoms with Crippen molar-refractivity contribution in [3.63, 3.8) is 0 Å². The molecular formula is C8H15N3O2. The zero-order valence-electron chi connectivity index (χ0n) is 7.99. The van der Waals surface area contributed by atoms with Crippen molar-refractivity contribution in [3.05, 3.63) is 12.2 Å². The topological polar surface area (TPSA) is 74.2 Å². The average molecular weight is 185 g/mol. The van der Waals surface area contributed by atoms with Crippen LogP contribution in [0.3, 0.4) is 0 Å². The van der Waals surface area contributed by atoms with Gasteiger partial charge in [0.25, 0.3) is 0 Å². The third-order valence-electron chi connectivity index (χ3n) is 1.62. The Bertz CT molecular complexity index is 234. The molecule has 1 rings (SSSR count). The minimum Gasteiger partial charge on any atom is -0.379 e. The molecule has 74 valence electrons. The molecule has 0 fully saturated rings. The van der Waals surface area contributed by atoms with Gasteiger partial charge in [0.05, 0.1) is 6.61 Å². The molecular weight excluding hydrogens is 170 g/mol. The van der Waals surface area contributed by atoms with Gasteiger partial charge >= 0.3 is 0 Å². The van der Waals surface area contributed by atoms with Gasteiger partial charge in [-0.05, 0) is 13.3 Å². The largest absolute Gasteiger partial charge is 0.379 e. The highest BCUT2D eigenvalue weighted by Gasteiger charge is 2.26. The van der Waals surface area contributed by atoms with Gasteiger partial charge in [0.15, 0.2) is 5.82 Å². The monoisotopic (exact) mass is 185 g/mol. The van der Waals surface area contributed by atoms with Gasteiger partial charge in [-0.1, -0.05) is 12.1 Å². The van der Waals surface area contributed by atoms with Crippen LogP contribution in [-0.2, 0) is 10.3 Å². The van der Waals surface area contributed by atoms with Crippen LogP contribution in [0.1, 0.15) is 26.1 Å². The minimum atomic E-state index is -0.665. The number of ether oxygens (including phenoxy) is 1. The van der Waals surface area contributed by atoms with Gasteiger partial charge in [0.1, 0.15) is 5.54 Å². The van der Waals surface area contributed by atoms with E-state index < -0.39 is 5.54 Å². The van der Waals surface area contributed by atoms with Crippen molar-refractivity contribution in [1.82, 2.24) is 10.1 Å². The maximum absolute atomic E-state index is 5.91. The molecule has 0 aliphatic carbocycles. The van der Waals surface area contributed by atoms with E-state index in [1.54, 1.807) is 0 Å². The van der Waals surface area contributed by atoms with Crippen LogP contribution in [0.5, 0.6) is 0 Å². The number of rotatable bonds is 5. The van der Waals surface area contributed by atoms with Crippen molar-refractivity contribution in [3.8, 4) is 0 Å². The van der Waals surface area contributed by atoms with Crippen LogP contribution in [0.25, 0.3) is 0 Å². The van der Waals surface area contributed by atoms with Gasteiger partial charge in [0, 0.05) is 6.61 Å². The first-order valence-corrected chi connectivity index (χ1v) is 4.30. The summed E-state index contributed by atoms with van der Waals surface area (Å²) in [4.78, 5) is 3.88. The summed E-state index contributed by atoms with van der Waals surface area (Å²) >= 11 is 0. The number of hydrogen-bond acceptors (Lipinski definition) is 5.